The van der Waals surface area contributed by atoms with Crippen LogP contribution in [0.3, 0.4) is 0 Å². The van der Waals surface area contributed by atoms with Crippen molar-refractivity contribution in [3.63, 3.8) is 0 Å². The van der Waals surface area contributed by atoms with Gasteiger partial charge in [0.05, 0.1) is 0 Å². The van der Waals surface area contributed by atoms with E-state index in [0.717, 1.165) is 6.42 Å². The molecule has 1 aromatic rings. The van der Waals surface area contributed by atoms with E-state index in [2.05, 4.69) is 65.6 Å². The Labute approximate surface area is 126 Å². The van der Waals surface area contributed by atoms with Gasteiger partial charge in [-0.25, -0.2) is 0 Å². The van der Waals surface area contributed by atoms with Gasteiger partial charge in [0, 0.05) is 14.8 Å². The summed E-state index contributed by atoms with van der Waals surface area (Å²) in [5.41, 5.74) is 3.90. The van der Waals surface area contributed by atoms with Crippen LogP contribution in [-0.2, 0) is 12.3 Å². The summed E-state index contributed by atoms with van der Waals surface area (Å²) in [6.07, 6.45) is 1.07. The third-order valence-electron chi connectivity index (χ3n) is 2.79. The molecule has 0 nitrogen and oxygen atoms in total. The van der Waals surface area contributed by atoms with Crippen LogP contribution in [0.25, 0.3) is 0 Å². The minimum absolute atomic E-state index is 0.480. The lowest BCUT2D eigenvalue weighted by Gasteiger charge is -2.19. The molecule has 0 aliphatic carbocycles. The molecule has 0 spiro atoms. The fourth-order valence-electron chi connectivity index (χ4n) is 2.02. The fourth-order valence-corrected chi connectivity index (χ4v) is 4.75. The zero-order chi connectivity index (χ0) is 13.2. The minimum Gasteiger partial charge on any atom is -0.121 e. The fraction of sp³-hybridized carbons (Fsp3) is 0.571. The second-order valence-electron chi connectivity index (χ2n) is 5.11. The van der Waals surface area contributed by atoms with Crippen molar-refractivity contribution in [2.75, 3.05) is 0 Å². The Bertz CT molecular complexity index is 398. The zero-order valence-electron chi connectivity index (χ0n) is 10.8. The molecule has 0 bridgehead atoms. The van der Waals surface area contributed by atoms with Crippen molar-refractivity contribution in [2.45, 2.75) is 45.9 Å². The highest BCUT2D eigenvalue weighted by atomic mass is 79.9. The topological polar surface area (TPSA) is 0 Å². The summed E-state index contributed by atoms with van der Waals surface area (Å²) in [7, 11) is 0. The molecule has 0 aliphatic heterocycles. The molecule has 0 amide bonds. The predicted molar refractivity (Wildman–Crippen MR) is 84.0 cm³/mol. The summed E-state index contributed by atoms with van der Waals surface area (Å²) in [5.74, 6) is 1.69. The molecule has 0 unspecified atom stereocenters. The quantitative estimate of drug-likeness (QED) is 0.538. The molecule has 0 saturated carbocycles. The molecule has 17 heavy (non-hydrogen) atoms. The molecule has 0 aliphatic rings. The van der Waals surface area contributed by atoms with E-state index >= 15 is 0 Å². The molecule has 0 atom stereocenters. The van der Waals surface area contributed by atoms with E-state index in [0.29, 0.717) is 17.7 Å². The lowest BCUT2D eigenvalue weighted by molar-refractivity contribution is 0.643. The molecule has 0 N–H and O–H groups in total. The van der Waals surface area contributed by atoms with Gasteiger partial charge in [0.15, 0.2) is 0 Å². The first-order valence-corrected chi connectivity index (χ1v) is 8.06. The molecule has 0 radical (unpaired) electrons. The second-order valence-corrected chi connectivity index (χ2v) is 7.02. The standard InChI is InChI=1S/C14H19Br2Cl/c1-8(2)5-10-6-12(15)13(9(3)4)14(16)11(10)7-17/h6,8-9H,5,7H2,1-4H3. The van der Waals surface area contributed by atoms with Crippen molar-refractivity contribution in [1.82, 2.24) is 0 Å². The van der Waals surface area contributed by atoms with E-state index in [1.165, 1.54) is 25.6 Å². The van der Waals surface area contributed by atoms with Crippen LogP contribution in [0.15, 0.2) is 15.0 Å². The van der Waals surface area contributed by atoms with Gasteiger partial charge in [0.1, 0.15) is 0 Å². The summed E-state index contributed by atoms with van der Waals surface area (Å²) in [6.45, 7) is 8.86. The molecule has 0 saturated heterocycles. The number of hydrogen-bond donors (Lipinski definition) is 0. The first-order chi connectivity index (χ1) is 7.88. The first-order valence-electron chi connectivity index (χ1n) is 5.94. The van der Waals surface area contributed by atoms with E-state index in [1.807, 2.05) is 0 Å². The SMILES string of the molecule is CC(C)Cc1cc(Br)c(C(C)C)c(Br)c1CCl. The van der Waals surface area contributed by atoms with Crippen LogP contribution in [0.2, 0.25) is 0 Å². The van der Waals surface area contributed by atoms with Gasteiger partial charge in [-0.15, -0.1) is 11.6 Å². The number of alkyl halides is 1. The number of rotatable bonds is 4. The van der Waals surface area contributed by atoms with Crippen LogP contribution in [-0.4, -0.2) is 0 Å². The highest BCUT2D eigenvalue weighted by molar-refractivity contribution is 9.11. The third-order valence-corrected chi connectivity index (χ3v) is 4.62. The summed E-state index contributed by atoms with van der Waals surface area (Å²) < 4.78 is 2.36. The summed E-state index contributed by atoms with van der Waals surface area (Å²) in [4.78, 5) is 0. The van der Waals surface area contributed by atoms with Gasteiger partial charge in [-0.05, 0) is 41.0 Å². The minimum atomic E-state index is 0.480. The van der Waals surface area contributed by atoms with Gasteiger partial charge in [0.2, 0.25) is 0 Å². The Balaban J connectivity index is 3.35. The second kappa shape index (κ2) is 6.58. The smallest absolute Gasteiger partial charge is 0.0488 e. The maximum absolute atomic E-state index is 6.10. The number of benzene rings is 1. The maximum atomic E-state index is 6.10. The van der Waals surface area contributed by atoms with Crippen LogP contribution in [0.1, 0.15) is 50.3 Å². The van der Waals surface area contributed by atoms with Gasteiger partial charge in [-0.2, -0.15) is 0 Å². The monoisotopic (exact) mass is 380 g/mol. The van der Waals surface area contributed by atoms with Gasteiger partial charge in [-0.1, -0.05) is 59.6 Å². The highest BCUT2D eigenvalue weighted by Crippen LogP contribution is 2.38. The van der Waals surface area contributed by atoms with Crippen LogP contribution in [0.5, 0.6) is 0 Å². The third kappa shape index (κ3) is 3.71. The predicted octanol–water partition coefficient (Wildman–Crippen LogP) is 6.27. The Morgan fingerprint density at radius 3 is 2.18 bits per heavy atom. The Morgan fingerprint density at radius 2 is 1.76 bits per heavy atom. The summed E-state index contributed by atoms with van der Waals surface area (Å²) >= 11 is 13.5. The van der Waals surface area contributed by atoms with Crippen molar-refractivity contribution >= 4 is 43.5 Å². The summed E-state index contributed by atoms with van der Waals surface area (Å²) in [6, 6.07) is 2.23. The molecular formula is C14H19Br2Cl. The van der Waals surface area contributed by atoms with E-state index in [9.17, 15) is 0 Å². The van der Waals surface area contributed by atoms with Crippen molar-refractivity contribution in [3.05, 3.63) is 31.7 Å². The Morgan fingerprint density at radius 1 is 1.18 bits per heavy atom. The van der Waals surface area contributed by atoms with Gasteiger partial charge in [0.25, 0.3) is 0 Å². The molecule has 1 rings (SSSR count). The molecule has 3 heteroatoms. The average molecular weight is 383 g/mol. The van der Waals surface area contributed by atoms with E-state index in [4.69, 9.17) is 11.6 Å². The Kier molecular flexibility index (Phi) is 6.01. The van der Waals surface area contributed by atoms with Gasteiger partial charge < -0.3 is 0 Å². The highest BCUT2D eigenvalue weighted by Gasteiger charge is 2.17. The van der Waals surface area contributed by atoms with Crippen molar-refractivity contribution in [3.8, 4) is 0 Å². The van der Waals surface area contributed by atoms with Crippen LogP contribution >= 0.6 is 43.5 Å². The number of hydrogen-bond acceptors (Lipinski definition) is 0. The van der Waals surface area contributed by atoms with Crippen molar-refractivity contribution in [2.24, 2.45) is 5.92 Å². The average Bonchev–Trinajstić information content (AvgIpc) is 2.15. The zero-order valence-corrected chi connectivity index (χ0v) is 14.7. The lowest BCUT2D eigenvalue weighted by atomic mass is 9.93. The number of halogens is 3. The van der Waals surface area contributed by atoms with E-state index in [1.54, 1.807) is 0 Å². The van der Waals surface area contributed by atoms with Crippen molar-refractivity contribution < 1.29 is 0 Å². The molecule has 0 aromatic heterocycles. The molecule has 96 valence electrons. The van der Waals surface area contributed by atoms with Crippen molar-refractivity contribution in [1.29, 1.82) is 0 Å². The van der Waals surface area contributed by atoms with E-state index in [-0.39, 0.29) is 0 Å². The van der Waals surface area contributed by atoms with Gasteiger partial charge in [-0.3, -0.25) is 0 Å². The lowest BCUT2D eigenvalue weighted by Crippen LogP contribution is -2.03. The van der Waals surface area contributed by atoms with Crippen LogP contribution in [0.4, 0.5) is 0 Å². The molecule has 1 aromatic carbocycles. The van der Waals surface area contributed by atoms with Crippen LogP contribution < -0.4 is 0 Å². The normalized spacial score (nSPS) is 11.6. The van der Waals surface area contributed by atoms with E-state index < -0.39 is 0 Å². The molecular weight excluding hydrogens is 363 g/mol. The first kappa shape index (κ1) is 15.5. The molecule has 0 fully saturated rings. The largest absolute Gasteiger partial charge is 0.121 e. The molecule has 0 heterocycles. The summed E-state index contributed by atoms with van der Waals surface area (Å²) in [5, 5.41) is 0. The maximum Gasteiger partial charge on any atom is 0.0488 e. The van der Waals surface area contributed by atoms with Crippen LogP contribution in [0, 0.1) is 5.92 Å². The van der Waals surface area contributed by atoms with Gasteiger partial charge >= 0.3 is 0 Å². The Hall–Kier alpha value is 0.470.